The fourth-order valence-electron chi connectivity index (χ4n) is 2.90. The fourth-order valence-corrected chi connectivity index (χ4v) is 2.90. The Morgan fingerprint density at radius 1 is 0.750 bits per heavy atom. The lowest BCUT2D eigenvalue weighted by molar-refractivity contribution is 0.752. The first-order valence-electron chi connectivity index (χ1n) is 6.93. The third kappa shape index (κ3) is 1.79. The summed E-state index contributed by atoms with van der Waals surface area (Å²) in [5, 5.41) is 8.62. The van der Waals surface area contributed by atoms with Gasteiger partial charge in [-0.1, -0.05) is 54.6 Å². The van der Waals surface area contributed by atoms with Crippen molar-refractivity contribution in [2.75, 3.05) is 0 Å². The first-order chi connectivity index (χ1) is 9.92. The molecule has 96 valence electrons. The van der Waals surface area contributed by atoms with Crippen LogP contribution in [0.5, 0.6) is 0 Å². The molecule has 1 aliphatic heterocycles. The zero-order chi connectivity index (χ0) is 13.4. The molecule has 1 aliphatic rings. The van der Waals surface area contributed by atoms with E-state index in [0.29, 0.717) is 0 Å². The van der Waals surface area contributed by atoms with Gasteiger partial charge >= 0.3 is 0 Å². The topological polar surface area (TPSA) is 12.0 Å². The standard InChI is InChI=1S/C19H15N/c1-2-7-15-13-18-16(12-14(15)6-1)8-5-9-17(18)19-10-3-4-11-20-19/h1-13,19-20H. The molecule has 1 heteroatoms. The van der Waals surface area contributed by atoms with Gasteiger partial charge in [0.1, 0.15) is 0 Å². The Morgan fingerprint density at radius 3 is 2.35 bits per heavy atom. The maximum atomic E-state index is 3.41. The molecule has 0 aliphatic carbocycles. The molecule has 3 aromatic carbocycles. The highest BCUT2D eigenvalue weighted by Crippen LogP contribution is 2.29. The molecule has 1 unspecified atom stereocenters. The third-order valence-electron chi connectivity index (χ3n) is 3.90. The van der Waals surface area contributed by atoms with Gasteiger partial charge in [0, 0.05) is 0 Å². The Kier molecular flexibility index (Phi) is 2.56. The van der Waals surface area contributed by atoms with Crippen molar-refractivity contribution >= 4 is 21.5 Å². The van der Waals surface area contributed by atoms with Crippen LogP contribution in [0, 0.1) is 0 Å². The normalized spacial score (nSPS) is 17.5. The monoisotopic (exact) mass is 257 g/mol. The third-order valence-corrected chi connectivity index (χ3v) is 3.90. The molecule has 1 heterocycles. The van der Waals surface area contributed by atoms with Crippen LogP contribution in [0.25, 0.3) is 21.5 Å². The number of hydrogen-bond donors (Lipinski definition) is 1. The van der Waals surface area contributed by atoms with Crippen LogP contribution in [-0.4, -0.2) is 0 Å². The minimum Gasteiger partial charge on any atom is -0.381 e. The zero-order valence-electron chi connectivity index (χ0n) is 11.1. The van der Waals surface area contributed by atoms with E-state index in [0.717, 1.165) is 0 Å². The van der Waals surface area contributed by atoms with Crippen molar-refractivity contribution in [2.24, 2.45) is 0 Å². The second-order valence-electron chi connectivity index (χ2n) is 5.16. The Hall–Kier alpha value is -2.54. The van der Waals surface area contributed by atoms with Crippen molar-refractivity contribution in [1.82, 2.24) is 5.32 Å². The van der Waals surface area contributed by atoms with Gasteiger partial charge in [-0.25, -0.2) is 0 Å². The van der Waals surface area contributed by atoms with Crippen LogP contribution in [0.3, 0.4) is 0 Å². The molecule has 4 rings (SSSR count). The molecule has 20 heavy (non-hydrogen) atoms. The van der Waals surface area contributed by atoms with Crippen molar-refractivity contribution in [1.29, 1.82) is 0 Å². The van der Waals surface area contributed by atoms with Gasteiger partial charge in [0.25, 0.3) is 0 Å². The summed E-state index contributed by atoms with van der Waals surface area (Å²) in [4.78, 5) is 0. The average molecular weight is 257 g/mol. The second kappa shape index (κ2) is 4.53. The molecule has 0 fully saturated rings. The van der Waals surface area contributed by atoms with E-state index >= 15 is 0 Å². The molecule has 0 saturated heterocycles. The molecule has 0 radical (unpaired) electrons. The van der Waals surface area contributed by atoms with E-state index in [1.807, 2.05) is 12.3 Å². The van der Waals surface area contributed by atoms with Crippen LogP contribution in [0.4, 0.5) is 0 Å². The predicted octanol–water partition coefficient (Wildman–Crippen LogP) is 4.71. The van der Waals surface area contributed by atoms with E-state index in [9.17, 15) is 0 Å². The maximum Gasteiger partial charge on any atom is 0.0701 e. The molecule has 0 amide bonds. The molecule has 0 saturated carbocycles. The van der Waals surface area contributed by atoms with Crippen LogP contribution >= 0.6 is 0 Å². The van der Waals surface area contributed by atoms with Gasteiger partial charge in [0.05, 0.1) is 6.04 Å². The Labute approximate surface area is 118 Å². The van der Waals surface area contributed by atoms with Crippen molar-refractivity contribution in [3.63, 3.8) is 0 Å². The largest absolute Gasteiger partial charge is 0.381 e. The number of benzene rings is 3. The van der Waals surface area contributed by atoms with Gasteiger partial charge in [-0.15, -0.1) is 0 Å². The lowest BCUT2D eigenvalue weighted by atomic mass is 9.95. The van der Waals surface area contributed by atoms with E-state index in [2.05, 4.69) is 72.1 Å². The van der Waals surface area contributed by atoms with Crippen LogP contribution in [0.1, 0.15) is 11.6 Å². The molecule has 0 bridgehead atoms. The van der Waals surface area contributed by atoms with E-state index in [1.54, 1.807) is 0 Å². The Balaban J connectivity index is 1.99. The molecule has 1 atom stereocenters. The predicted molar refractivity (Wildman–Crippen MR) is 85.6 cm³/mol. The van der Waals surface area contributed by atoms with E-state index in [4.69, 9.17) is 0 Å². The van der Waals surface area contributed by atoms with Gasteiger partial charge in [-0.2, -0.15) is 0 Å². The smallest absolute Gasteiger partial charge is 0.0701 e. The SMILES string of the molecule is C1=CNC(c2cccc3cc4ccccc4cc23)C=C1. The molecule has 1 N–H and O–H groups in total. The number of allylic oxidation sites excluding steroid dienone is 2. The number of nitrogens with one attached hydrogen (secondary N) is 1. The zero-order valence-corrected chi connectivity index (χ0v) is 11.1. The van der Waals surface area contributed by atoms with Gasteiger partial charge in [-0.05, 0) is 51.5 Å². The summed E-state index contributed by atoms with van der Waals surface area (Å²) < 4.78 is 0. The number of hydrogen-bond acceptors (Lipinski definition) is 1. The summed E-state index contributed by atoms with van der Waals surface area (Å²) in [5.41, 5.74) is 1.33. The van der Waals surface area contributed by atoms with E-state index < -0.39 is 0 Å². The molecule has 3 aromatic rings. The number of rotatable bonds is 1. The minimum atomic E-state index is 0.255. The van der Waals surface area contributed by atoms with Gasteiger partial charge < -0.3 is 5.32 Å². The summed E-state index contributed by atoms with van der Waals surface area (Å²) in [7, 11) is 0. The molecule has 0 spiro atoms. The number of dihydropyridines is 1. The van der Waals surface area contributed by atoms with Crippen molar-refractivity contribution in [3.8, 4) is 0 Å². The van der Waals surface area contributed by atoms with E-state index in [1.165, 1.54) is 27.1 Å². The van der Waals surface area contributed by atoms with Crippen LogP contribution in [0.15, 0.2) is 79.0 Å². The van der Waals surface area contributed by atoms with Crippen molar-refractivity contribution in [2.45, 2.75) is 6.04 Å². The van der Waals surface area contributed by atoms with Crippen molar-refractivity contribution < 1.29 is 0 Å². The molecular formula is C19H15N. The Bertz CT molecular complexity index is 843. The second-order valence-corrected chi connectivity index (χ2v) is 5.16. The Morgan fingerprint density at radius 2 is 1.55 bits per heavy atom. The average Bonchev–Trinajstić information content (AvgIpc) is 2.53. The minimum absolute atomic E-state index is 0.255. The molecule has 1 nitrogen and oxygen atoms in total. The summed E-state index contributed by atoms with van der Waals surface area (Å²) in [6, 6.07) is 19.9. The molecule has 0 aromatic heterocycles. The highest BCUT2D eigenvalue weighted by Gasteiger charge is 2.11. The highest BCUT2D eigenvalue weighted by molar-refractivity contribution is 5.99. The molecular weight excluding hydrogens is 242 g/mol. The summed E-state index contributed by atoms with van der Waals surface area (Å²) >= 11 is 0. The summed E-state index contributed by atoms with van der Waals surface area (Å²) in [6.07, 6.45) is 8.33. The highest BCUT2D eigenvalue weighted by atomic mass is 14.9. The van der Waals surface area contributed by atoms with Gasteiger partial charge in [0.2, 0.25) is 0 Å². The fraction of sp³-hybridized carbons (Fsp3) is 0.0526. The number of fused-ring (bicyclic) bond motifs is 2. The quantitative estimate of drug-likeness (QED) is 0.623. The first kappa shape index (κ1) is 11.3. The van der Waals surface area contributed by atoms with Gasteiger partial charge in [-0.3, -0.25) is 0 Å². The van der Waals surface area contributed by atoms with Gasteiger partial charge in [0.15, 0.2) is 0 Å². The summed E-state index contributed by atoms with van der Waals surface area (Å²) in [6.45, 7) is 0. The lowest BCUT2D eigenvalue weighted by Crippen LogP contribution is -2.15. The van der Waals surface area contributed by atoms with Crippen molar-refractivity contribution in [3.05, 3.63) is 84.6 Å². The maximum absolute atomic E-state index is 3.41. The van der Waals surface area contributed by atoms with Crippen LogP contribution in [-0.2, 0) is 0 Å². The van der Waals surface area contributed by atoms with E-state index in [-0.39, 0.29) is 6.04 Å². The lowest BCUT2D eigenvalue weighted by Gasteiger charge is -2.18. The van der Waals surface area contributed by atoms with Crippen LogP contribution < -0.4 is 5.32 Å². The first-order valence-corrected chi connectivity index (χ1v) is 6.93. The van der Waals surface area contributed by atoms with Crippen LogP contribution in [0.2, 0.25) is 0 Å². The summed E-state index contributed by atoms with van der Waals surface area (Å²) in [5.74, 6) is 0.